The highest BCUT2D eigenvalue weighted by Gasteiger charge is 2.35. The Kier molecular flexibility index (Phi) is 5.79. The maximum Gasteiger partial charge on any atom is 0.337 e. The molecule has 0 spiro atoms. The average molecular weight is 426 g/mol. The van der Waals surface area contributed by atoms with Gasteiger partial charge in [-0.1, -0.05) is 11.6 Å². The SMILES string of the molecule is COC(=O)C1=C(Nc2c(Br)cc(F)c(F)c2Cl)C(=O)N(CCO)C1. The Morgan fingerprint density at radius 3 is 2.79 bits per heavy atom. The van der Waals surface area contributed by atoms with Crippen LogP contribution in [-0.4, -0.2) is 48.7 Å². The number of carbonyl (C=O) groups excluding carboxylic acids is 2. The van der Waals surface area contributed by atoms with E-state index in [0.717, 1.165) is 13.2 Å². The van der Waals surface area contributed by atoms with Crippen molar-refractivity contribution < 1.29 is 28.2 Å². The molecule has 130 valence electrons. The van der Waals surface area contributed by atoms with E-state index in [-0.39, 0.29) is 41.1 Å². The lowest BCUT2D eigenvalue weighted by atomic mass is 10.2. The number of nitrogens with one attached hydrogen (secondary N) is 1. The Hall–Kier alpha value is -1.71. The summed E-state index contributed by atoms with van der Waals surface area (Å²) >= 11 is 8.80. The van der Waals surface area contributed by atoms with E-state index >= 15 is 0 Å². The van der Waals surface area contributed by atoms with Gasteiger partial charge in [0.15, 0.2) is 11.6 Å². The summed E-state index contributed by atoms with van der Waals surface area (Å²) in [5, 5.41) is 11.0. The first-order valence-electron chi connectivity index (χ1n) is 6.63. The summed E-state index contributed by atoms with van der Waals surface area (Å²) in [6.45, 7) is -0.395. The van der Waals surface area contributed by atoms with E-state index in [4.69, 9.17) is 16.7 Å². The molecule has 1 aliphatic rings. The topological polar surface area (TPSA) is 78.9 Å². The number of carbonyl (C=O) groups is 2. The van der Waals surface area contributed by atoms with Crippen LogP contribution in [0.5, 0.6) is 0 Å². The maximum atomic E-state index is 13.7. The first kappa shape index (κ1) is 18.6. The molecule has 2 N–H and O–H groups in total. The predicted molar refractivity (Wildman–Crippen MR) is 85.4 cm³/mol. The lowest BCUT2D eigenvalue weighted by Crippen LogP contribution is -2.31. The van der Waals surface area contributed by atoms with Gasteiger partial charge >= 0.3 is 5.97 Å². The first-order valence-corrected chi connectivity index (χ1v) is 7.80. The smallest absolute Gasteiger partial charge is 0.337 e. The summed E-state index contributed by atoms with van der Waals surface area (Å²) < 4.78 is 31.7. The standard InChI is InChI=1S/C14H12BrClF2N2O4/c1-24-14(23)6-5-20(2-3-21)13(22)11(6)19-12-7(15)4-8(17)10(18)9(12)16/h4,19,21H,2-3,5H2,1H3. The second-order valence-corrected chi connectivity index (χ2v) is 6.00. The van der Waals surface area contributed by atoms with E-state index in [1.165, 1.54) is 4.90 Å². The van der Waals surface area contributed by atoms with Crippen LogP contribution in [0, 0.1) is 11.6 Å². The minimum absolute atomic E-state index is 0.00279. The zero-order valence-electron chi connectivity index (χ0n) is 12.3. The summed E-state index contributed by atoms with van der Waals surface area (Å²) in [5.74, 6) is -3.82. The molecule has 0 saturated carbocycles. The zero-order chi connectivity index (χ0) is 18.0. The molecule has 1 aromatic carbocycles. The molecule has 0 bridgehead atoms. The van der Waals surface area contributed by atoms with Gasteiger partial charge in [0.05, 0.1) is 31.5 Å². The van der Waals surface area contributed by atoms with Crippen LogP contribution in [0.4, 0.5) is 14.5 Å². The van der Waals surface area contributed by atoms with Crippen LogP contribution in [0.15, 0.2) is 21.8 Å². The largest absolute Gasteiger partial charge is 0.466 e. The highest BCUT2D eigenvalue weighted by Crippen LogP contribution is 2.36. The summed E-state index contributed by atoms with van der Waals surface area (Å²) in [6.07, 6.45) is 0. The van der Waals surface area contributed by atoms with Crippen LogP contribution in [-0.2, 0) is 14.3 Å². The minimum atomic E-state index is -1.29. The third kappa shape index (κ3) is 3.38. The zero-order valence-corrected chi connectivity index (χ0v) is 14.7. The fourth-order valence-corrected chi connectivity index (χ4v) is 3.01. The van der Waals surface area contributed by atoms with Gasteiger partial charge < -0.3 is 20.1 Å². The van der Waals surface area contributed by atoms with E-state index in [2.05, 4.69) is 26.0 Å². The number of anilines is 1. The van der Waals surface area contributed by atoms with Crippen molar-refractivity contribution in [3.63, 3.8) is 0 Å². The van der Waals surface area contributed by atoms with E-state index in [1.54, 1.807) is 0 Å². The van der Waals surface area contributed by atoms with Crippen LogP contribution in [0.1, 0.15) is 0 Å². The number of rotatable bonds is 5. The van der Waals surface area contributed by atoms with Gasteiger partial charge in [0.25, 0.3) is 5.91 Å². The summed E-state index contributed by atoms with van der Waals surface area (Å²) in [5.41, 5.74) is -0.293. The third-order valence-corrected chi connectivity index (χ3v) is 4.30. The van der Waals surface area contributed by atoms with Crippen molar-refractivity contribution in [1.29, 1.82) is 0 Å². The van der Waals surface area contributed by atoms with Gasteiger partial charge in [0.2, 0.25) is 0 Å². The normalized spacial score (nSPS) is 14.4. The van der Waals surface area contributed by atoms with Gasteiger partial charge in [0.1, 0.15) is 10.7 Å². The van der Waals surface area contributed by atoms with Crippen LogP contribution in [0.2, 0.25) is 5.02 Å². The molecule has 0 unspecified atom stereocenters. The van der Waals surface area contributed by atoms with Crippen molar-refractivity contribution in [2.75, 3.05) is 32.1 Å². The Morgan fingerprint density at radius 1 is 1.54 bits per heavy atom. The second-order valence-electron chi connectivity index (χ2n) is 4.76. The Morgan fingerprint density at radius 2 is 2.21 bits per heavy atom. The van der Waals surface area contributed by atoms with Gasteiger partial charge in [-0.2, -0.15) is 0 Å². The van der Waals surface area contributed by atoms with Crippen molar-refractivity contribution in [3.05, 3.63) is 38.5 Å². The molecule has 0 atom stereocenters. The monoisotopic (exact) mass is 424 g/mol. The maximum absolute atomic E-state index is 13.7. The molecule has 1 heterocycles. The van der Waals surface area contributed by atoms with Crippen molar-refractivity contribution in [3.8, 4) is 0 Å². The first-order chi connectivity index (χ1) is 11.3. The number of β-amino-alcohol motifs (C(OH)–C–C–N with tert-alkyl or cyclic N) is 1. The molecule has 0 saturated heterocycles. The molecular formula is C14H12BrClF2N2O4. The van der Waals surface area contributed by atoms with Gasteiger partial charge in [-0.15, -0.1) is 0 Å². The van der Waals surface area contributed by atoms with Crippen molar-refractivity contribution in [2.24, 2.45) is 0 Å². The number of nitrogens with zero attached hydrogens (tertiary/aromatic N) is 1. The van der Waals surface area contributed by atoms with Crippen molar-refractivity contribution >= 4 is 45.1 Å². The van der Waals surface area contributed by atoms with Gasteiger partial charge in [-0.05, 0) is 22.0 Å². The van der Waals surface area contributed by atoms with E-state index in [0.29, 0.717) is 0 Å². The summed E-state index contributed by atoms with van der Waals surface area (Å²) in [6, 6.07) is 0.840. The van der Waals surface area contributed by atoms with Crippen LogP contribution in [0.3, 0.4) is 0 Å². The Labute approximate surface area is 149 Å². The van der Waals surface area contributed by atoms with Crippen molar-refractivity contribution in [1.82, 2.24) is 4.90 Å². The van der Waals surface area contributed by atoms with Gasteiger partial charge in [0, 0.05) is 11.0 Å². The third-order valence-electron chi connectivity index (χ3n) is 3.32. The fraction of sp³-hybridized carbons (Fsp3) is 0.286. The lowest BCUT2D eigenvalue weighted by molar-refractivity contribution is -0.136. The van der Waals surface area contributed by atoms with E-state index in [9.17, 15) is 18.4 Å². The molecule has 0 aliphatic carbocycles. The predicted octanol–water partition coefficient (Wildman–Crippen LogP) is 2.05. The number of amides is 1. The van der Waals surface area contributed by atoms with Crippen LogP contribution >= 0.6 is 27.5 Å². The number of ether oxygens (including phenoxy) is 1. The molecule has 24 heavy (non-hydrogen) atoms. The number of aliphatic hydroxyl groups is 1. The highest BCUT2D eigenvalue weighted by atomic mass is 79.9. The van der Waals surface area contributed by atoms with Crippen molar-refractivity contribution in [2.45, 2.75) is 0 Å². The van der Waals surface area contributed by atoms with E-state index in [1.807, 2.05) is 0 Å². The van der Waals surface area contributed by atoms with Crippen LogP contribution < -0.4 is 5.32 Å². The second kappa shape index (κ2) is 7.45. The number of methoxy groups -OCH3 is 1. The molecular weight excluding hydrogens is 414 g/mol. The van der Waals surface area contributed by atoms with E-state index < -0.39 is 28.5 Å². The molecule has 1 aromatic rings. The molecule has 10 heteroatoms. The average Bonchev–Trinajstić information content (AvgIpc) is 2.85. The molecule has 0 fully saturated rings. The molecule has 1 amide bonds. The molecule has 6 nitrogen and oxygen atoms in total. The number of aliphatic hydroxyl groups excluding tert-OH is 1. The quantitative estimate of drug-likeness (QED) is 0.429. The summed E-state index contributed by atoms with van der Waals surface area (Å²) in [7, 11) is 1.15. The molecule has 1 aliphatic heterocycles. The number of halogens is 4. The number of esters is 1. The molecule has 2 rings (SSSR count). The lowest BCUT2D eigenvalue weighted by Gasteiger charge is -2.16. The number of benzene rings is 1. The molecule has 0 aromatic heterocycles. The van der Waals surface area contributed by atoms with Gasteiger partial charge in [-0.25, -0.2) is 13.6 Å². The highest BCUT2D eigenvalue weighted by molar-refractivity contribution is 9.10. The Bertz CT molecular complexity index is 742. The minimum Gasteiger partial charge on any atom is -0.466 e. The Balaban J connectivity index is 2.47. The molecule has 0 radical (unpaired) electrons. The van der Waals surface area contributed by atoms with Gasteiger partial charge in [-0.3, -0.25) is 4.79 Å². The summed E-state index contributed by atoms with van der Waals surface area (Å²) in [4.78, 5) is 25.4. The number of hydrogen-bond donors (Lipinski definition) is 2. The number of hydrogen-bond acceptors (Lipinski definition) is 5. The fourth-order valence-electron chi connectivity index (χ4n) is 2.15. The van der Waals surface area contributed by atoms with Crippen LogP contribution in [0.25, 0.3) is 0 Å².